The molecule has 5 heteroatoms. The fraction of sp³-hybridized carbons (Fsp3) is 0.941. The van der Waals surface area contributed by atoms with Crippen molar-refractivity contribution in [2.24, 2.45) is 11.8 Å². The van der Waals surface area contributed by atoms with Crippen molar-refractivity contribution in [2.45, 2.75) is 58.2 Å². The van der Waals surface area contributed by atoms with Crippen molar-refractivity contribution in [2.75, 3.05) is 32.8 Å². The normalized spacial score (nSPS) is 33.6. The Balaban J connectivity index is 1.56. The van der Waals surface area contributed by atoms with Gasteiger partial charge >= 0.3 is 0 Å². The van der Waals surface area contributed by atoms with Gasteiger partial charge < -0.3 is 15.2 Å². The Morgan fingerprint density at radius 3 is 2.73 bits per heavy atom. The van der Waals surface area contributed by atoms with Crippen molar-refractivity contribution >= 4 is 5.91 Å². The van der Waals surface area contributed by atoms with Crippen molar-refractivity contribution in [1.82, 2.24) is 10.2 Å². The number of amides is 1. The zero-order valence-corrected chi connectivity index (χ0v) is 14.1. The van der Waals surface area contributed by atoms with Crippen LogP contribution in [0, 0.1) is 11.8 Å². The average molecular weight is 312 g/mol. The SMILES string of the molecule is CC1CCN(CC(=O)NCCOC2CCCCC2C)CC1O. The van der Waals surface area contributed by atoms with Crippen LogP contribution in [0.4, 0.5) is 0 Å². The molecule has 0 aromatic rings. The van der Waals surface area contributed by atoms with Gasteiger partial charge in [-0.2, -0.15) is 0 Å². The van der Waals surface area contributed by atoms with Gasteiger partial charge in [-0.1, -0.05) is 26.7 Å². The maximum Gasteiger partial charge on any atom is 0.234 e. The van der Waals surface area contributed by atoms with Crippen LogP contribution in [0.1, 0.15) is 46.0 Å². The van der Waals surface area contributed by atoms with E-state index in [0.29, 0.717) is 44.2 Å². The van der Waals surface area contributed by atoms with Gasteiger partial charge in [0.1, 0.15) is 0 Å². The molecule has 0 spiro atoms. The van der Waals surface area contributed by atoms with Crippen molar-refractivity contribution in [3.63, 3.8) is 0 Å². The first-order valence-corrected chi connectivity index (χ1v) is 8.85. The Kier molecular flexibility index (Phi) is 7.12. The Morgan fingerprint density at radius 2 is 2.00 bits per heavy atom. The topological polar surface area (TPSA) is 61.8 Å². The van der Waals surface area contributed by atoms with Gasteiger partial charge in [-0.05, 0) is 37.6 Å². The molecule has 2 N–H and O–H groups in total. The predicted octanol–water partition coefficient (Wildman–Crippen LogP) is 1.40. The van der Waals surface area contributed by atoms with Gasteiger partial charge in [0, 0.05) is 13.1 Å². The molecule has 128 valence electrons. The highest BCUT2D eigenvalue weighted by Crippen LogP contribution is 2.25. The van der Waals surface area contributed by atoms with Crippen molar-refractivity contribution in [3.8, 4) is 0 Å². The molecule has 1 aliphatic carbocycles. The van der Waals surface area contributed by atoms with Crippen LogP contribution in [0.3, 0.4) is 0 Å². The number of aliphatic hydroxyl groups excluding tert-OH is 1. The van der Waals surface area contributed by atoms with Gasteiger partial charge in [0.05, 0.1) is 25.4 Å². The number of aliphatic hydroxyl groups is 1. The number of piperidine rings is 1. The second kappa shape index (κ2) is 8.85. The first-order chi connectivity index (χ1) is 10.6. The molecule has 0 aromatic carbocycles. The van der Waals surface area contributed by atoms with Gasteiger partial charge in [0.2, 0.25) is 5.91 Å². The summed E-state index contributed by atoms with van der Waals surface area (Å²) in [5, 5.41) is 12.8. The summed E-state index contributed by atoms with van der Waals surface area (Å²) in [5.41, 5.74) is 0. The zero-order chi connectivity index (χ0) is 15.9. The third kappa shape index (κ3) is 5.52. The zero-order valence-electron chi connectivity index (χ0n) is 14.1. The molecule has 1 amide bonds. The van der Waals surface area contributed by atoms with Crippen LogP contribution in [0.5, 0.6) is 0 Å². The van der Waals surface area contributed by atoms with Crippen LogP contribution in [-0.4, -0.2) is 60.9 Å². The molecule has 1 saturated heterocycles. The summed E-state index contributed by atoms with van der Waals surface area (Å²) in [4.78, 5) is 14.0. The van der Waals surface area contributed by atoms with E-state index in [0.717, 1.165) is 19.4 Å². The van der Waals surface area contributed by atoms with Gasteiger partial charge in [-0.25, -0.2) is 0 Å². The van der Waals surface area contributed by atoms with Crippen LogP contribution in [0.2, 0.25) is 0 Å². The molecule has 4 atom stereocenters. The van der Waals surface area contributed by atoms with E-state index in [1.165, 1.54) is 19.3 Å². The third-order valence-corrected chi connectivity index (χ3v) is 5.16. The van der Waals surface area contributed by atoms with Crippen LogP contribution >= 0.6 is 0 Å². The van der Waals surface area contributed by atoms with Gasteiger partial charge in [-0.3, -0.25) is 9.69 Å². The number of nitrogens with one attached hydrogen (secondary N) is 1. The number of likely N-dealkylation sites (tertiary alicyclic amines) is 1. The largest absolute Gasteiger partial charge is 0.392 e. The fourth-order valence-electron chi connectivity index (χ4n) is 3.45. The highest BCUT2D eigenvalue weighted by atomic mass is 16.5. The lowest BCUT2D eigenvalue weighted by atomic mass is 9.88. The van der Waals surface area contributed by atoms with E-state index in [-0.39, 0.29) is 12.0 Å². The predicted molar refractivity (Wildman–Crippen MR) is 86.6 cm³/mol. The number of ether oxygens (including phenoxy) is 1. The minimum atomic E-state index is -0.308. The molecular formula is C17H32N2O3. The smallest absolute Gasteiger partial charge is 0.234 e. The fourth-order valence-corrected chi connectivity index (χ4v) is 3.45. The summed E-state index contributed by atoms with van der Waals surface area (Å²) in [6.45, 7) is 7.36. The summed E-state index contributed by atoms with van der Waals surface area (Å²) in [7, 11) is 0. The van der Waals surface area contributed by atoms with E-state index in [1.54, 1.807) is 0 Å². The van der Waals surface area contributed by atoms with Crippen molar-refractivity contribution in [3.05, 3.63) is 0 Å². The third-order valence-electron chi connectivity index (χ3n) is 5.16. The summed E-state index contributed by atoms with van der Waals surface area (Å²) in [6, 6.07) is 0. The number of hydrogen-bond acceptors (Lipinski definition) is 4. The number of hydrogen-bond donors (Lipinski definition) is 2. The minimum Gasteiger partial charge on any atom is -0.392 e. The number of β-amino-alcohol motifs (C(OH)–C–C–N with tert-alkyl or cyclic N) is 1. The van der Waals surface area contributed by atoms with Crippen LogP contribution in [-0.2, 0) is 9.53 Å². The number of nitrogens with zero attached hydrogens (tertiary/aromatic N) is 1. The molecule has 0 bridgehead atoms. The molecule has 4 unspecified atom stereocenters. The molecule has 0 aromatic heterocycles. The Hall–Kier alpha value is -0.650. The van der Waals surface area contributed by atoms with Gasteiger partial charge in [0.15, 0.2) is 0 Å². The first kappa shape index (κ1) is 17.7. The molecule has 2 aliphatic rings. The summed E-state index contributed by atoms with van der Waals surface area (Å²) in [6.07, 6.45) is 6.00. The molecule has 22 heavy (non-hydrogen) atoms. The highest BCUT2D eigenvalue weighted by Gasteiger charge is 2.25. The minimum absolute atomic E-state index is 0.0297. The van der Waals surface area contributed by atoms with Crippen molar-refractivity contribution in [1.29, 1.82) is 0 Å². The van der Waals surface area contributed by atoms with Gasteiger partial charge in [-0.15, -0.1) is 0 Å². The molecule has 1 aliphatic heterocycles. The number of carbonyl (C=O) groups is 1. The second-order valence-corrected chi connectivity index (χ2v) is 7.09. The van der Waals surface area contributed by atoms with Gasteiger partial charge in [0.25, 0.3) is 0 Å². The number of carbonyl (C=O) groups excluding carboxylic acids is 1. The van der Waals surface area contributed by atoms with E-state index < -0.39 is 0 Å². The molecule has 1 heterocycles. The highest BCUT2D eigenvalue weighted by molar-refractivity contribution is 5.78. The lowest BCUT2D eigenvalue weighted by Gasteiger charge is -2.33. The van der Waals surface area contributed by atoms with Crippen LogP contribution in [0.25, 0.3) is 0 Å². The van der Waals surface area contributed by atoms with E-state index >= 15 is 0 Å². The maximum atomic E-state index is 11.9. The Bertz CT molecular complexity index is 351. The van der Waals surface area contributed by atoms with Crippen LogP contribution < -0.4 is 5.32 Å². The Morgan fingerprint density at radius 1 is 1.23 bits per heavy atom. The van der Waals surface area contributed by atoms with E-state index in [9.17, 15) is 9.90 Å². The first-order valence-electron chi connectivity index (χ1n) is 8.85. The summed E-state index contributed by atoms with van der Waals surface area (Å²) >= 11 is 0. The van der Waals surface area contributed by atoms with Crippen LogP contribution in [0.15, 0.2) is 0 Å². The molecule has 5 nitrogen and oxygen atoms in total. The molecule has 0 radical (unpaired) electrons. The summed E-state index contributed by atoms with van der Waals surface area (Å²) < 4.78 is 5.90. The van der Waals surface area contributed by atoms with E-state index in [4.69, 9.17) is 4.74 Å². The van der Waals surface area contributed by atoms with E-state index in [1.807, 2.05) is 4.90 Å². The maximum absolute atomic E-state index is 11.9. The monoisotopic (exact) mass is 312 g/mol. The standard InChI is InChI=1S/C17H32N2O3/c1-13-7-9-19(11-15(13)20)12-17(21)18-8-10-22-16-6-4-3-5-14(16)2/h13-16,20H,3-12H2,1-2H3,(H,18,21). The Labute approximate surface area is 134 Å². The molecule has 2 rings (SSSR count). The molecule has 1 saturated carbocycles. The quantitative estimate of drug-likeness (QED) is 0.728. The molecule has 2 fully saturated rings. The second-order valence-electron chi connectivity index (χ2n) is 7.09. The lowest BCUT2D eigenvalue weighted by molar-refractivity contribution is -0.123. The van der Waals surface area contributed by atoms with Crippen molar-refractivity contribution < 1.29 is 14.6 Å². The average Bonchev–Trinajstić information content (AvgIpc) is 2.49. The van der Waals surface area contributed by atoms with E-state index in [2.05, 4.69) is 19.2 Å². The molecular weight excluding hydrogens is 280 g/mol. The summed E-state index contributed by atoms with van der Waals surface area (Å²) in [5.74, 6) is 1.01. The number of rotatable bonds is 6. The lowest BCUT2D eigenvalue weighted by Crippen LogP contribution is -2.47.